The summed E-state index contributed by atoms with van der Waals surface area (Å²) in [4.78, 5) is 2.51. The first kappa shape index (κ1) is 51.2. The maximum Gasteiger partial charge on any atom is 0.143 e. The number of hydrogen-bond acceptors (Lipinski definition) is 10. The number of nitrogens with one attached hydrogen (secondary N) is 2. The van der Waals surface area contributed by atoms with Crippen molar-refractivity contribution in [2.75, 3.05) is 4.90 Å². The number of aryl methyl sites for hydroxylation is 2. The number of benzene rings is 4. The lowest BCUT2D eigenvalue weighted by molar-refractivity contribution is 0.120. The zero-order valence-corrected chi connectivity index (χ0v) is 42.9. The Labute approximate surface area is 427 Å². The Morgan fingerprint density at radius 1 is 0.597 bits per heavy atom. The Balaban J connectivity index is 1.34. The van der Waals surface area contributed by atoms with Gasteiger partial charge in [0.05, 0.1) is 40.2 Å². The summed E-state index contributed by atoms with van der Waals surface area (Å²) in [5.74, 6) is 0.886. The molecule has 2 atom stereocenters. The number of fused-ring (bicyclic) bond motifs is 2. The molecule has 1 fully saturated rings. The van der Waals surface area contributed by atoms with E-state index in [0.29, 0.717) is 23.5 Å². The molecule has 0 radical (unpaired) electrons. The van der Waals surface area contributed by atoms with Gasteiger partial charge in [-0.2, -0.15) is 20.4 Å². The molecule has 2 aromatic heterocycles. The SMILES string of the molecule is CCCCC(=N)/C=C\C(=N)c1cc(-c2cc(-c3cc(/C(N)=C/C=C(\N)CCCC)cc(-c4ccc(CCCC)nn4)c3)cc(N3c4ccccc4OC4CCCCC43)c2)cc(-c2ccc(CCCC)nn2)c1. The molecule has 0 spiro atoms. The number of para-hydroxylation sites is 2. The molecule has 6 aromatic rings. The number of allylic oxidation sites excluding steroid dienone is 5. The fourth-order valence-electron chi connectivity index (χ4n) is 9.73. The summed E-state index contributed by atoms with van der Waals surface area (Å²) < 4.78 is 6.77. The molecule has 2 aliphatic rings. The minimum atomic E-state index is 0.0504. The van der Waals surface area contributed by atoms with Crippen LogP contribution in [0.15, 0.2) is 133 Å². The molecule has 372 valence electrons. The van der Waals surface area contributed by atoms with Gasteiger partial charge in [-0.15, -0.1) is 0 Å². The highest BCUT2D eigenvalue weighted by atomic mass is 16.5. The molecule has 3 heterocycles. The van der Waals surface area contributed by atoms with Gasteiger partial charge >= 0.3 is 0 Å². The standard InChI is InChI=1S/C62H73N9O/c1-5-9-17-50(63)25-29-55(65)46-34-42(36-48(38-46)57-31-27-52(67-69-57)19-11-7-3)44-33-45(41-54(40-44)71-59-21-13-15-23-61(59)72-62-24-16-14-22-60(62)71)43-35-47(56(66)30-26-51(64)18-10-6-2)39-49(37-43)58-32-28-53(68-70-58)20-12-8-4/h13,15,21,23,25-41,60,62-63,65H,5-12,14,16-20,22,24,64,66H2,1-4H3/b29-25-,51-26-,56-30-,63-50?,65-55?. The molecule has 0 amide bonds. The smallest absolute Gasteiger partial charge is 0.143 e. The first-order valence-electron chi connectivity index (χ1n) is 26.6. The number of ether oxygens (including phenoxy) is 1. The summed E-state index contributed by atoms with van der Waals surface area (Å²) in [6, 6.07) is 36.4. The average molecular weight is 960 g/mol. The van der Waals surface area contributed by atoms with Crippen molar-refractivity contribution < 1.29 is 4.74 Å². The van der Waals surface area contributed by atoms with Crippen molar-refractivity contribution in [2.45, 2.75) is 143 Å². The van der Waals surface area contributed by atoms with E-state index >= 15 is 0 Å². The molecule has 1 aliphatic carbocycles. The molecule has 8 rings (SSSR count). The van der Waals surface area contributed by atoms with Crippen molar-refractivity contribution in [3.05, 3.63) is 156 Å². The third-order valence-corrected chi connectivity index (χ3v) is 13.9. The lowest BCUT2D eigenvalue weighted by Gasteiger charge is -2.46. The van der Waals surface area contributed by atoms with E-state index in [1.54, 1.807) is 12.2 Å². The lowest BCUT2D eigenvalue weighted by Crippen LogP contribution is -2.49. The van der Waals surface area contributed by atoms with E-state index in [1.807, 2.05) is 24.3 Å². The van der Waals surface area contributed by atoms with Crippen LogP contribution < -0.4 is 21.1 Å². The van der Waals surface area contributed by atoms with Gasteiger partial charge in [-0.05, 0) is 214 Å². The predicted molar refractivity (Wildman–Crippen MR) is 299 cm³/mol. The van der Waals surface area contributed by atoms with Crippen LogP contribution in [0.5, 0.6) is 5.75 Å². The van der Waals surface area contributed by atoms with E-state index in [0.717, 1.165) is 186 Å². The van der Waals surface area contributed by atoms with Crippen LogP contribution in [0.4, 0.5) is 11.4 Å². The number of rotatable bonds is 22. The summed E-state index contributed by atoms with van der Waals surface area (Å²) in [6.45, 7) is 8.67. The van der Waals surface area contributed by atoms with Crippen molar-refractivity contribution >= 4 is 28.5 Å². The Morgan fingerprint density at radius 2 is 1.15 bits per heavy atom. The molecule has 0 saturated heterocycles. The Kier molecular flexibility index (Phi) is 17.6. The van der Waals surface area contributed by atoms with Gasteiger partial charge in [-0.3, -0.25) is 0 Å². The van der Waals surface area contributed by atoms with Crippen molar-refractivity contribution in [2.24, 2.45) is 11.5 Å². The molecule has 0 bridgehead atoms. The topological polar surface area (TPSA) is 164 Å². The summed E-state index contributed by atoms with van der Waals surface area (Å²) in [6.07, 6.45) is 23.2. The second-order valence-corrected chi connectivity index (χ2v) is 19.6. The van der Waals surface area contributed by atoms with E-state index in [-0.39, 0.29) is 12.1 Å². The zero-order chi connectivity index (χ0) is 50.4. The van der Waals surface area contributed by atoms with Crippen LogP contribution in [0.3, 0.4) is 0 Å². The lowest BCUT2D eigenvalue weighted by atomic mass is 9.87. The quantitative estimate of drug-likeness (QED) is 0.0386. The van der Waals surface area contributed by atoms with E-state index in [2.05, 4.69) is 134 Å². The Bertz CT molecular complexity index is 2920. The normalized spacial score (nSPS) is 15.8. The van der Waals surface area contributed by atoms with Crippen molar-refractivity contribution in [1.29, 1.82) is 10.8 Å². The highest BCUT2D eigenvalue weighted by Crippen LogP contribution is 2.47. The van der Waals surface area contributed by atoms with E-state index in [1.165, 1.54) is 0 Å². The van der Waals surface area contributed by atoms with Crippen molar-refractivity contribution in [3.8, 4) is 50.5 Å². The molecule has 10 nitrogen and oxygen atoms in total. The number of nitrogens with two attached hydrogens (primary N) is 2. The highest BCUT2D eigenvalue weighted by Gasteiger charge is 2.38. The summed E-state index contributed by atoms with van der Waals surface area (Å²) in [7, 11) is 0. The Morgan fingerprint density at radius 3 is 1.78 bits per heavy atom. The molecule has 2 unspecified atom stereocenters. The zero-order valence-electron chi connectivity index (χ0n) is 42.9. The van der Waals surface area contributed by atoms with Crippen LogP contribution in [-0.4, -0.2) is 44.0 Å². The second-order valence-electron chi connectivity index (χ2n) is 19.6. The van der Waals surface area contributed by atoms with Crippen LogP contribution in [0.25, 0.3) is 50.5 Å². The number of unbranched alkanes of at least 4 members (excludes halogenated alkanes) is 4. The minimum Gasteiger partial charge on any atom is -0.486 e. The first-order valence-corrected chi connectivity index (χ1v) is 26.6. The van der Waals surface area contributed by atoms with E-state index in [9.17, 15) is 5.41 Å². The van der Waals surface area contributed by atoms with Gasteiger partial charge in [0.15, 0.2) is 0 Å². The van der Waals surface area contributed by atoms with Crippen LogP contribution in [0.2, 0.25) is 0 Å². The predicted octanol–water partition coefficient (Wildman–Crippen LogP) is 14.9. The van der Waals surface area contributed by atoms with Gasteiger partial charge in [-0.25, -0.2) is 0 Å². The maximum atomic E-state index is 9.42. The van der Waals surface area contributed by atoms with Crippen LogP contribution in [0, 0.1) is 10.8 Å². The van der Waals surface area contributed by atoms with Crippen LogP contribution in [-0.2, 0) is 12.8 Å². The fourth-order valence-corrected chi connectivity index (χ4v) is 9.73. The molecule has 1 aliphatic heterocycles. The van der Waals surface area contributed by atoms with Crippen molar-refractivity contribution in [1.82, 2.24) is 20.4 Å². The summed E-state index contributed by atoms with van der Waals surface area (Å²) in [5.41, 5.74) is 28.5. The third-order valence-electron chi connectivity index (χ3n) is 13.9. The van der Waals surface area contributed by atoms with Gasteiger partial charge in [0.1, 0.15) is 11.9 Å². The number of aromatic nitrogens is 4. The fraction of sp³-hybridized carbons (Fsp3) is 0.355. The first-order chi connectivity index (χ1) is 35.1. The van der Waals surface area contributed by atoms with Crippen LogP contribution >= 0.6 is 0 Å². The van der Waals surface area contributed by atoms with Gasteiger partial charge in [0.25, 0.3) is 0 Å². The van der Waals surface area contributed by atoms with Crippen LogP contribution in [0.1, 0.15) is 140 Å². The molecule has 72 heavy (non-hydrogen) atoms. The largest absolute Gasteiger partial charge is 0.486 e. The molecular formula is C62H73N9O. The Hall–Kier alpha value is -7.20. The maximum absolute atomic E-state index is 9.42. The van der Waals surface area contributed by atoms with Gasteiger partial charge in [-0.1, -0.05) is 71.9 Å². The molecule has 10 heteroatoms. The third kappa shape index (κ3) is 12.8. The van der Waals surface area contributed by atoms with Gasteiger partial charge < -0.3 is 31.9 Å². The van der Waals surface area contributed by atoms with Gasteiger partial charge in [0.2, 0.25) is 0 Å². The molecule has 4 aromatic carbocycles. The average Bonchev–Trinajstić information content (AvgIpc) is 3.42. The number of nitrogens with zero attached hydrogens (tertiary/aromatic N) is 5. The summed E-state index contributed by atoms with van der Waals surface area (Å²) in [5, 5.41) is 36.9. The van der Waals surface area contributed by atoms with E-state index < -0.39 is 0 Å². The monoisotopic (exact) mass is 960 g/mol. The molecular weight excluding hydrogens is 887 g/mol. The number of anilines is 2. The molecule has 1 saturated carbocycles. The minimum absolute atomic E-state index is 0.0504. The van der Waals surface area contributed by atoms with Gasteiger partial charge in [0, 0.05) is 39.5 Å². The summed E-state index contributed by atoms with van der Waals surface area (Å²) >= 11 is 0. The number of hydrogen-bond donors (Lipinski definition) is 4. The van der Waals surface area contributed by atoms with E-state index in [4.69, 9.17) is 31.8 Å². The second kappa shape index (κ2) is 24.8. The highest BCUT2D eigenvalue weighted by molar-refractivity contribution is 6.11. The van der Waals surface area contributed by atoms with Crippen molar-refractivity contribution in [3.63, 3.8) is 0 Å². The molecule has 6 N–H and O–H groups in total.